The zero-order chi connectivity index (χ0) is 15.4. The first-order valence-corrected chi connectivity index (χ1v) is 6.99. The molecule has 114 valence electrons. The molecule has 1 unspecified atom stereocenters. The van der Waals surface area contributed by atoms with E-state index in [-0.39, 0.29) is 29.7 Å². The second-order valence-electron chi connectivity index (χ2n) is 5.10. The zero-order valence-electron chi connectivity index (χ0n) is 11.9. The Morgan fingerprint density at radius 2 is 2.33 bits per heavy atom. The number of amides is 1. The van der Waals surface area contributed by atoms with E-state index in [1.165, 1.54) is 6.07 Å². The Bertz CT molecular complexity index is 547. The fourth-order valence-corrected chi connectivity index (χ4v) is 2.54. The molecule has 1 saturated heterocycles. The van der Waals surface area contributed by atoms with Crippen molar-refractivity contribution in [2.75, 3.05) is 31.1 Å². The number of nitrogens with zero attached hydrogens (tertiary/aromatic N) is 2. The zero-order valence-corrected chi connectivity index (χ0v) is 11.9. The Labute approximate surface area is 122 Å². The first-order valence-electron chi connectivity index (χ1n) is 6.99. The van der Waals surface area contributed by atoms with Crippen molar-refractivity contribution in [2.45, 2.75) is 13.3 Å². The van der Waals surface area contributed by atoms with E-state index in [2.05, 4.69) is 5.32 Å². The molecule has 1 atom stereocenters. The minimum Gasteiger partial charge on any atom is -0.396 e. The Hall–Kier alpha value is -2.15. The third-order valence-corrected chi connectivity index (χ3v) is 3.66. The molecule has 0 saturated carbocycles. The lowest BCUT2D eigenvalue weighted by Crippen LogP contribution is -2.24. The number of carbonyl (C=O) groups is 1. The molecule has 1 heterocycles. The van der Waals surface area contributed by atoms with Crippen LogP contribution in [-0.2, 0) is 0 Å². The number of nitro benzene ring substituents is 1. The van der Waals surface area contributed by atoms with Gasteiger partial charge in [-0.05, 0) is 25.5 Å². The van der Waals surface area contributed by atoms with Gasteiger partial charge in [0.2, 0.25) is 0 Å². The minimum absolute atomic E-state index is 0.0719. The van der Waals surface area contributed by atoms with Crippen molar-refractivity contribution in [1.82, 2.24) is 5.32 Å². The van der Waals surface area contributed by atoms with Gasteiger partial charge in [0.15, 0.2) is 0 Å². The van der Waals surface area contributed by atoms with E-state index in [1.807, 2.05) is 4.90 Å². The number of hydrogen-bond donors (Lipinski definition) is 2. The van der Waals surface area contributed by atoms with Crippen LogP contribution >= 0.6 is 0 Å². The van der Waals surface area contributed by atoms with Gasteiger partial charge in [0.05, 0.1) is 4.92 Å². The number of anilines is 1. The van der Waals surface area contributed by atoms with Gasteiger partial charge in [-0.15, -0.1) is 0 Å². The van der Waals surface area contributed by atoms with Crippen LogP contribution in [0, 0.1) is 16.0 Å². The summed E-state index contributed by atoms with van der Waals surface area (Å²) in [7, 11) is 0. The largest absolute Gasteiger partial charge is 0.396 e. The monoisotopic (exact) mass is 293 g/mol. The van der Waals surface area contributed by atoms with Gasteiger partial charge in [0, 0.05) is 43.8 Å². The molecular weight excluding hydrogens is 274 g/mol. The third-order valence-electron chi connectivity index (χ3n) is 3.66. The lowest BCUT2D eigenvalue weighted by atomic mass is 10.1. The van der Waals surface area contributed by atoms with E-state index in [9.17, 15) is 20.0 Å². The number of rotatable bonds is 5. The molecule has 0 radical (unpaired) electrons. The SMILES string of the molecule is CCNC(=O)c1ccc(N2CCC(CO)C2)c([N+](=O)[O-])c1. The molecule has 0 spiro atoms. The number of nitrogens with one attached hydrogen (secondary N) is 1. The van der Waals surface area contributed by atoms with Crippen molar-refractivity contribution >= 4 is 17.3 Å². The molecule has 0 bridgehead atoms. The summed E-state index contributed by atoms with van der Waals surface area (Å²) < 4.78 is 0. The highest BCUT2D eigenvalue weighted by atomic mass is 16.6. The number of hydrogen-bond acceptors (Lipinski definition) is 5. The average molecular weight is 293 g/mol. The first kappa shape index (κ1) is 15.2. The van der Waals surface area contributed by atoms with Crippen LogP contribution in [0.5, 0.6) is 0 Å². The predicted octanol–water partition coefficient (Wildman–Crippen LogP) is 1.16. The molecule has 0 aromatic heterocycles. The van der Waals surface area contributed by atoms with Crippen molar-refractivity contribution in [3.8, 4) is 0 Å². The average Bonchev–Trinajstić information content (AvgIpc) is 2.95. The van der Waals surface area contributed by atoms with Gasteiger partial charge in [-0.1, -0.05) is 0 Å². The highest BCUT2D eigenvalue weighted by Crippen LogP contribution is 2.32. The maximum Gasteiger partial charge on any atom is 0.293 e. The van der Waals surface area contributed by atoms with Crippen molar-refractivity contribution < 1.29 is 14.8 Å². The number of aliphatic hydroxyl groups excluding tert-OH is 1. The van der Waals surface area contributed by atoms with E-state index >= 15 is 0 Å². The van der Waals surface area contributed by atoms with Crippen LogP contribution in [0.15, 0.2) is 18.2 Å². The molecule has 21 heavy (non-hydrogen) atoms. The topological polar surface area (TPSA) is 95.7 Å². The highest BCUT2D eigenvalue weighted by molar-refractivity contribution is 5.95. The van der Waals surface area contributed by atoms with Crippen LogP contribution in [0.1, 0.15) is 23.7 Å². The maximum atomic E-state index is 11.8. The normalized spacial score (nSPS) is 17.8. The summed E-state index contributed by atoms with van der Waals surface area (Å²) in [6, 6.07) is 4.52. The smallest absolute Gasteiger partial charge is 0.293 e. The van der Waals surface area contributed by atoms with Crippen molar-refractivity contribution in [1.29, 1.82) is 0 Å². The molecule has 1 aromatic carbocycles. The molecule has 7 heteroatoms. The number of carbonyl (C=O) groups excluding carboxylic acids is 1. The lowest BCUT2D eigenvalue weighted by Gasteiger charge is -2.18. The van der Waals surface area contributed by atoms with Crippen LogP contribution in [0.3, 0.4) is 0 Å². The minimum atomic E-state index is -0.468. The first-order chi connectivity index (χ1) is 10.1. The maximum absolute atomic E-state index is 11.8. The lowest BCUT2D eigenvalue weighted by molar-refractivity contribution is -0.384. The molecule has 1 amide bonds. The number of benzene rings is 1. The van der Waals surface area contributed by atoms with E-state index in [4.69, 9.17) is 0 Å². The Kier molecular flexibility index (Phi) is 4.74. The second kappa shape index (κ2) is 6.53. The van der Waals surface area contributed by atoms with Crippen LogP contribution in [0.2, 0.25) is 0 Å². The fourth-order valence-electron chi connectivity index (χ4n) is 2.54. The van der Waals surface area contributed by atoms with Crippen molar-refractivity contribution in [2.24, 2.45) is 5.92 Å². The molecule has 1 fully saturated rings. The summed E-state index contributed by atoms with van der Waals surface area (Å²) in [6.45, 7) is 3.62. The predicted molar refractivity (Wildman–Crippen MR) is 78.5 cm³/mol. The quantitative estimate of drug-likeness (QED) is 0.627. The van der Waals surface area contributed by atoms with E-state index in [0.29, 0.717) is 25.3 Å². The number of nitro groups is 1. The van der Waals surface area contributed by atoms with Gasteiger partial charge in [-0.2, -0.15) is 0 Å². The second-order valence-corrected chi connectivity index (χ2v) is 5.10. The molecule has 1 aliphatic heterocycles. The summed E-state index contributed by atoms with van der Waals surface area (Å²) >= 11 is 0. The number of aliphatic hydroxyl groups is 1. The van der Waals surface area contributed by atoms with Gasteiger partial charge >= 0.3 is 0 Å². The van der Waals surface area contributed by atoms with Crippen LogP contribution in [0.4, 0.5) is 11.4 Å². The van der Waals surface area contributed by atoms with Gasteiger partial charge in [0.25, 0.3) is 11.6 Å². The molecular formula is C14H19N3O4. The molecule has 1 aliphatic rings. The summed E-state index contributed by atoms with van der Waals surface area (Å²) in [5.74, 6) is -0.172. The van der Waals surface area contributed by atoms with E-state index in [0.717, 1.165) is 6.42 Å². The molecule has 7 nitrogen and oxygen atoms in total. The third kappa shape index (κ3) is 3.30. The van der Waals surface area contributed by atoms with E-state index in [1.54, 1.807) is 19.1 Å². The van der Waals surface area contributed by atoms with Crippen molar-refractivity contribution in [3.63, 3.8) is 0 Å². The van der Waals surface area contributed by atoms with Gasteiger partial charge < -0.3 is 15.3 Å². The molecule has 2 N–H and O–H groups in total. The molecule has 2 rings (SSSR count). The standard InChI is InChI=1S/C14H19N3O4/c1-2-15-14(19)11-3-4-12(13(7-11)17(20)21)16-6-5-10(8-16)9-18/h3-4,7,10,18H,2,5-6,8-9H2,1H3,(H,15,19). The van der Waals surface area contributed by atoms with Gasteiger partial charge in [-0.3, -0.25) is 14.9 Å². The molecule has 0 aliphatic carbocycles. The summed E-state index contributed by atoms with van der Waals surface area (Å²) in [6.07, 6.45) is 0.811. The van der Waals surface area contributed by atoms with Crippen molar-refractivity contribution in [3.05, 3.63) is 33.9 Å². The summed E-state index contributed by atoms with van der Waals surface area (Å²) in [4.78, 5) is 24.5. The molecule has 1 aromatic rings. The Balaban J connectivity index is 2.30. The summed E-state index contributed by atoms with van der Waals surface area (Å²) in [5.41, 5.74) is 0.714. The van der Waals surface area contributed by atoms with Crippen LogP contribution < -0.4 is 10.2 Å². The fraction of sp³-hybridized carbons (Fsp3) is 0.500. The Morgan fingerprint density at radius 1 is 1.57 bits per heavy atom. The van der Waals surface area contributed by atoms with Gasteiger partial charge in [-0.25, -0.2) is 0 Å². The van der Waals surface area contributed by atoms with Crippen LogP contribution in [0.25, 0.3) is 0 Å². The van der Waals surface area contributed by atoms with E-state index < -0.39 is 4.92 Å². The highest BCUT2D eigenvalue weighted by Gasteiger charge is 2.28. The van der Waals surface area contributed by atoms with Crippen LogP contribution in [-0.4, -0.2) is 42.2 Å². The Morgan fingerprint density at radius 3 is 2.90 bits per heavy atom. The summed E-state index contributed by atoms with van der Waals surface area (Å²) in [5, 5.41) is 23.1. The van der Waals surface area contributed by atoms with Gasteiger partial charge in [0.1, 0.15) is 5.69 Å².